The Balaban J connectivity index is 2.86. The molecule has 5 nitrogen and oxygen atoms in total. The van der Waals surface area contributed by atoms with Gasteiger partial charge in [0.05, 0.1) is 0 Å². The summed E-state index contributed by atoms with van der Waals surface area (Å²) in [6.07, 6.45) is 3.83. The molecule has 0 aliphatic heterocycles. The van der Waals surface area contributed by atoms with Crippen molar-refractivity contribution in [1.29, 1.82) is 0 Å². The maximum atomic E-state index is 11.9. The van der Waals surface area contributed by atoms with Gasteiger partial charge in [-0.05, 0) is 19.4 Å². The van der Waals surface area contributed by atoms with Crippen LogP contribution >= 0.6 is 0 Å². The molecule has 0 spiro atoms. The summed E-state index contributed by atoms with van der Waals surface area (Å²) in [5, 5.41) is 2.72. The third-order valence-corrected chi connectivity index (χ3v) is 2.67. The van der Waals surface area contributed by atoms with Crippen molar-refractivity contribution in [3.05, 3.63) is 30.1 Å². The molecule has 5 heteroatoms. The molecule has 104 valence electrons. The normalized spacial score (nSPS) is 10.1. The summed E-state index contributed by atoms with van der Waals surface area (Å²) < 4.78 is 0. The van der Waals surface area contributed by atoms with Crippen LogP contribution in [0.3, 0.4) is 0 Å². The predicted molar refractivity (Wildman–Crippen MR) is 77.5 cm³/mol. The molecule has 19 heavy (non-hydrogen) atoms. The zero-order valence-electron chi connectivity index (χ0n) is 11.9. The van der Waals surface area contributed by atoms with Gasteiger partial charge in [-0.15, -0.1) is 6.58 Å². The van der Waals surface area contributed by atoms with E-state index in [9.17, 15) is 4.79 Å². The molecule has 0 saturated heterocycles. The summed E-state index contributed by atoms with van der Waals surface area (Å²) in [5.74, 6) is 0.396. The molecule has 0 unspecified atom stereocenters. The van der Waals surface area contributed by atoms with E-state index in [0.717, 1.165) is 25.1 Å². The van der Waals surface area contributed by atoms with E-state index in [4.69, 9.17) is 0 Å². The number of hydrogen-bond donors (Lipinski definition) is 1. The Morgan fingerprint density at radius 3 is 2.89 bits per heavy atom. The molecule has 0 aliphatic rings. The zero-order valence-corrected chi connectivity index (χ0v) is 11.9. The monoisotopic (exact) mass is 262 g/mol. The Bertz CT molecular complexity index is 445. The maximum Gasteiger partial charge on any atom is 0.270 e. The molecule has 1 aromatic rings. The second kappa shape index (κ2) is 7.51. The molecule has 1 heterocycles. The van der Waals surface area contributed by atoms with Crippen LogP contribution in [0.2, 0.25) is 0 Å². The molecule has 0 radical (unpaired) electrons. The minimum Gasteiger partial charge on any atom is -0.347 e. The fourth-order valence-corrected chi connectivity index (χ4v) is 1.59. The van der Waals surface area contributed by atoms with Crippen LogP contribution in [-0.2, 0) is 0 Å². The molecule has 1 rings (SSSR count). The third kappa shape index (κ3) is 4.69. The van der Waals surface area contributed by atoms with Crippen molar-refractivity contribution in [1.82, 2.24) is 15.3 Å². The van der Waals surface area contributed by atoms with Crippen LogP contribution in [0.25, 0.3) is 0 Å². The standard InChI is InChI=1S/C14H22N4O/c1-5-7-9-18(4)14-16-11(3)10-12(17-14)13(19)15-8-6-2/h6,10H,2,5,7-9H2,1,3-4H3,(H,15,19). The van der Waals surface area contributed by atoms with E-state index in [2.05, 4.69) is 28.8 Å². The number of carbonyl (C=O) groups is 1. The molecule has 0 fully saturated rings. The van der Waals surface area contributed by atoms with E-state index in [0.29, 0.717) is 18.2 Å². The number of rotatable bonds is 7. The maximum absolute atomic E-state index is 11.9. The minimum absolute atomic E-state index is 0.199. The zero-order chi connectivity index (χ0) is 14.3. The molecule has 1 amide bonds. The molecular formula is C14H22N4O. The second-order valence-electron chi connectivity index (χ2n) is 4.47. The van der Waals surface area contributed by atoms with Gasteiger partial charge in [-0.3, -0.25) is 4.79 Å². The highest BCUT2D eigenvalue weighted by atomic mass is 16.1. The molecule has 0 saturated carbocycles. The van der Waals surface area contributed by atoms with Crippen molar-refractivity contribution in [3.8, 4) is 0 Å². The highest BCUT2D eigenvalue weighted by molar-refractivity contribution is 5.92. The van der Waals surface area contributed by atoms with E-state index in [1.54, 1.807) is 12.1 Å². The quantitative estimate of drug-likeness (QED) is 0.763. The van der Waals surface area contributed by atoms with Gasteiger partial charge < -0.3 is 10.2 Å². The van der Waals surface area contributed by atoms with Gasteiger partial charge in [-0.25, -0.2) is 9.97 Å². The van der Waals surface area contributed by atoms with Gasteiger partial charge in [0.2, 0.25) is 5.95 Å². The van der Waals surface area contributed by atoms with Crippen LogP contribution in [0.15, 0.2) is 18.7 Å². The molecule has 1 aromatic heterocycles. The summed E-state index contributed by atoms with van der Waals surface area (Å²) in [6, 6.07) is 1.69. The highest BCUT2D eigenvalue weighted by Gasteiger charge is 2.11. The average molecular weight is 262 g/mol. The lowest BCUT2D eigenvalue weighted by molar-refractivity contribution is 0.0953. The average Bonchev–Trinajstić information content (AvgIpc) is 2.41. The first-order chi connectivity index (χ1) is 9.08. The van der Waals surface area contributed by atoms with E-state index >= 15 is 0 Å². The lowest BCUT2D eigenvalue weighted by Crippen LogP contribution is -2.27. The number of nitrogens with one attached hydrogen (secondary N) is 1. The number of amides is 1. The second-order valence-corrected chi connectivity index (χ2v) is 4.47. The number of aryl methyl sites for hydroxylation is 1. The Hall–Kier alpha value is -1.91. The van der Waals surface area contributed by atoms with Crippen LogP contribution in [0.4, 0.5) is 5.95 Å². The van der Waals surface area contributed by atoms with Gasteiger partial charge >= 0.3 is 0 Å². The number of carbonyl (C=O) groups excluding carboxylic acids is 1. The predicted octanol–water partition coefficient (Wildman–Crippen LogP) is 1.94. The molecule has 0 atom stereocenters. The fraction of sp³-hybridized carbons (Fsp3) is 0.500. The summed E-state index contributed by atoms with van der Waals surface area (Å²) in [5.41, 5.74) is 1.19. The van der Waals surface area contributed by atoms with Crippen molar-refractivity contribution in [2.75, 3.05) is 25.0 Å². The molecule has 1 N–H and O–H groups in total. The molecule has 0 aliphatic carbocycles. The van der Waals surface area contributed by atoms with Crippen molar-refractivity contribution >= 4 is 11.9 Å². The van der Waals surface area contributed by atoms with Crippen molar-refractivity contribution in [3.63, 3.8) is 0 Å². The lowest BCUT2D eigenvalue weighted by Gasteiger charge is -2.17. The van der Waals surface area contributed by atoms with Crippen LogP contribution in [0, 0.1) is 6.92 Å². The van der Waals surface area contributed by atoms with Gasteiger partial charge in [0.1, 0.15) is 5.69 Å². The number of anilines is 1. The summed E-state index contributed by atoms with van der Waals surface area (Å²) in [6.45, 7) is 8.89. The SMILES string of the molecule is C=CCNC(=O)c1cc(C)nc(N(C)CCCC)n1. The van der Waals surface area contributed by atoms with Gasteiger partial charge in [0, 0.05) is 25.8 Å². The molecular weight excluding hydrogens is 240 g/mol. The van der Waals surface area contributed by atoms with E-state index in [1.807, 2.05) is 18.9 Å². The van der Waals surface area contributed by atoms with Crippen molar-refractivity contribution in [2.24, 2.45) is 0 Å². The van der Waals surface area contributed by atoms with Crippen LogP contribution in [0.5, 0.6) is 0 Å². The summed E-state index contributed by atoms with van der Waals surface area (Å²) in [7, 11) is 1.94. The number of nitrogens with zero attached hydrogens (tertiary/aromatic N) is 3. The van der Waals surface area contributed by atoms with Crippen molar-refractivity contribution in [2.45, 2.75) is 26.7 Å². The fourth-order valence-electron chi connectivity index (χ4n) is 1.59. The van der Waals surface area contributed by atoms with Gasteiger partial charge in [-0.2, -0.15) is 0 Å². The topological polar surface area (TPSA) is 58.1 Å². The van der Waals surface area contributed by atoms with Gasteiger partial charge in [0.15, 0.2) is 0 Å². The van der Waals surface area contributed by atoms with Gasteiger partial charge in [-0.1, -0.05) is 19.4 Å². The first kappa shape index (κ1) is 15.1. The third-order valence-electron chi connectivity index (χ3n) is 2.67. The smallest absolute Gasteiger partial charge is 0.270 e. The Morgan fingerprint density at radius 2 is 2.26 bits per heavy atom. The van der Waals surface area contributed by atoms with E-state index in [1.165, 1.54) is 0 Å². The largest absolute Gasteiger partial charge is 0.347 e. The Labute approximate surface area is 114 Å². The van der Waals surface area contributed by atoms with Crippen LogP contribution in [-0.4, -0.2) is 36.0 Å². The van der Waals surface area contributed by atoms with Gasteiger partial charge in [0.25, 0.3) is 5.91 Å². The molecule has 0 bridgehead atoms. The summed E-state index contributed by atoms with van der Waals surface area (Å²) >= 11 is 0. The summed E-state index contributed by atoms with van der Waals surface area (Å²) in [4.78, 5) is 22.5. The Kier molecular flexibility index (Phi) is 5.99. The Morgan fingerprint density at radius 1 is 1.53 bits per heavy atom. The molecule has 0 aromatic carbocycles. The van der Waals surface area contributed by atoms with Crippen molar-refractivity contribution < 1.29 is 4.79 Å². The number of aromatic nitrogens is 2. The highest BCUT2D eigenvalue weighted by Crippen LogP contribution is 2.09. The number of hydrogen-bond acceptors (Lipinski definition) is 4. The lowest BCUT2D eigenvalue weighted by atomic mass is 10.3. The number of unbranched alkanes of at least 4 members (excludes halogenated alkanes) is 1. The van der Waals surface area contributed by atoms with E-state index < -0.39 is 0 Å². The first-order valence-electron chi connectivity index (χ1n) is 6.54. The van der Waals surface area contributed by atoms with Crippen LogP contribution in [0.1, 0.15) is 35.9 Å². The first-order valence-corrected chi connectivity index (χ1v) is 6.54. The van der Waals surface area contributed by atoms with E-state index in [-0.39, 0.29) is 5.91 Å². The minimum atomic E-state index is -0.199. The van der Waals surface area contributed by atoms with Crippen LogP contribution < -0.4 is 10.2 Å².